The Balaban J connectivity index is 1.62. The minimum Gasteiger partial charge on any atom is -0.497 e. The van der Waals surface area contributed by atoms with E-state index in [0.717, 1.165) is 64.8 Å². The molecule has 2 aliphatic rings. The molecule has 5 nitrogen and oxygen atoms in total. The lowest BCUT2D eigenvalue weighted by molar-refractivity contribution is 0.00833. The monoisotopic (exact) mass is 376 g/mol. The van der Waals surface area contributed by atoms with Gasteiger partial charge in [-0.05, 0) is 36.0 Å². The average molecular weight is 377 g/mol. The summed E-state index contributed by atoms with van der Waals surface area (Å²) in [6, 6.07) is 8.46. The number of hydrogen-bond acceptors (Lipinski definition) is 5. The van der Waals surface area contributed by atoms with Gasteiger partial charge in [0.1, 0.15) is 5.75 Å². The second-order valence-corrected chi connectivity index (χ2v) is 8.71. The maximum absolute atomic E-state index is 5.93. The second-order valence-electron chi connectivity index (χ2n) is 8.71. The van der Waals surface area contributed by atoms with Gasteiger partial charge in [-0.25, -0.2) is 0 Å². The Kier molecular flexibility index (Phi) is 7.53. The van der Waals surface area contributed by atoms with Gasteiger partial charge in [0.05, 0.1) is 26.4 Å². The highest BCUT2D eigenvalue weighted by Gasteiger charge is 2.28. The zero-order valence-corrected chi connectivity index (χ0v) is 17.3. The normalized spacial score (nSPS) is 21.7. The number of morpholine rings is 1. The van der Waals surface area contributed by atoms with E-state index < -0.39 is 0 Å². The Bertz CT molecular complexity index is 549. The van der Waals surface area contributed by atoms with E-state index in [2.05, 4.69) is 47.9 Å². The Morgan fingerprint density at radius 3 is 2.52 bits per heavy atom. The van der Waals surface area contributed by atoms with E-state index in [1.807, 2.05) is 0 Å². The number of nitrogens with zero attached hydrogens (tertiary/aromatic N) is 2. The van der Waals surface area contributed by atoms with Crippen LogP contribution in [-0.4, -0.2) is 75.6 Å². The third-order valence-corrected chi connectivity index (χ3v) is 5.46. The number of methoxy groups -OCH3 is 1. The summed E-state index contributed by atoms with van der Waals surface area (Å²) in [5.74, 6) is 0.914. The van der Waals surface area contributed by atoms with Gasteiger partial charge in [-0.15, -0.1) is 0 Å². The molecule has 2 saturated heterocycles. The van der Waals surface area contributed by atoms with Gasteiger partial charge in [0.15, 0.2) is 0 Å². The summed E-state index contributed by atoms with van der Waals surface area (Å²) in [6.45, 7) is 13.7. The minimum absolute atomic E-state index is 0.225. The summed E-state index contributed by atoms with van der Waals surface area (Å²) in [4.78, 5) is 5.12. The molecular weight excluding hydrogens is 340 g/mol. The van der Waals surface area contributed by atoms with Crippen LogP contribution in [0.4, 0.5) is 0 Å². The van der Waals surface area contributed by atoms with Crippen LogP contribution in [0.25, 0.3) is 0 Å². The fourth-order valence-electron chi connectivity index (χ4n) is 4.27. The van der Waals surface area contributed by atoms with Gasteiger partial charge in [0.25, 0.3) is 0 Å². The molecule has 1 atom stereocenters. The van der Waals surface area contributed by atoms with Crippen molar-refractivity contribution in [3.05, 3.63) is 29.8 Å². The molecule has 2 aliphatic heterocycles. The first-order chi connectivity index (χ1) is 13.0. The molecule has 0 amide bonds. The van der Waals surface area contributed by atoms with Crippen LogP contribution in [0.1, 0.15) is 32.3 Å². The molecule has 3 rings (SSSR count). The molecule has 0 aromatic heterocycles. The molecule has 2 fully saturated rings. The first-order valence-corrected chi connectivity index (χ1v) is 10.3. The largest absolute Gasteiger partial charge is 0.497 e. The highest BCUT2D eigenvalue weighted by molar-refractivity contribution is 5.27. The van der Waals surface area contributed by atoms with E-state index in [1.54, 1.807) is 7.11 Å². The Hall–Kier alpha value is -1.14. The topological polar surface area (TPSA) is 34.2 Å². The number of hydrogen-bond donors (Lipinski definition) is 0. The molecule has 1 unspecified atom stereocenters. The van der Waals surface area contributed by atoms with Crippen molar-refractivity contribution in [2.45, 2.75) is 39.3 Å². The van der Waals surface area contributed by atoms with Crippen molar-refractivity contribution >= 4 is 0 Å². The summed E-state index contributed by atoms with van der Waals surface area (Å²) in [5, 5.41) is 0. The van der Waals surface area contributed by atoms with Crippen molar-refractivity contribution in [1.82, 2.24) is 9.80 Å². The molecule has 1 aromatic carbocycles. The van der Waals surface area contributed by atoms with Crippen molar-refractivity contribution in [1.29, 1.82) is 0 Å². The van der Waals surface area contributed by atoms with Crippen molar-refractivity contribution in [3.63, 3.8) is 0 Å². The SMILES string of the molecule is COc1ccc(CN(CC2CCCO2)CC(C)(C)CN2CCOCC2)cc1. The van der Waals surface area contributed by atoms with E-state index in [1.165, 1.54) is 18.4 Å². The zero-order valence-electron chi connectivity index (χ0n) is 17.3. The fourth-order valence-corrected chi connectivity index (χ4v) is 4.27. The van der Waals surface area contributed by atoms with Crippen molar-refractivity contribution in [3.8, 4) is 5.75 Å². The van der Waals surface area contributed by atoms with Crippen LogP contribution in [0.3, 0.4) is 0 Å². The van der Waals surface area contributed by atoms with Gasteiger partial charge < -0.3 is 14.2 Å². The molecule has 0 spiro atoms. The molecule has 1 aromatic rings. The van der Waals surface area contributed by atoms with Crippen LogP contribution < -0.4 is 4.74 Å². The maximum Gasteiger partial charge on any atom is 0.118 e. The van der Waals surface area contributed by atoms with Crippen LogP contribution in [0.15, 0.2) is 24.3 Å². The summed E-state index contributed by atoms with van der Waals surface area (Å²) in [7, 11) is 1.72. The third kappa shape index (κ3) is 6.75. The lowest BCUT2D eigenvalue weighted by atomic mass is 9.91. The minimum atomic E-state index is 0.225. The Labute approximate surface area is 164 Å². The quantitative estimate of drug-likeness (QED) is 0.662. The zero-order chi connectivity index (χ0) is 19.1. The predicted octanol–water partition coefficient (Wildman–Crippen LogP) is 3.03. The summed E-state index contributed by atoms with van der Waals surface area (Å²) in [5.41, 5.74) is 1.55. The molecule has 0 radical (unpaired) electrons. The number of ether oxygens (including phenoxy) is 3. The Morgan fingerprint density at radius 1 is 1.15 bits per heavy atom. The predicted molar refractivity (Wildman–Crippen MR) is 108 cm³/mol. The van der Waals surface area contributed by atoms with Crippen molar-refractivity contribution in [2.24, 2.45) is 5.41 Å². The van der Waals surface area contributed by atoms with Crippen molar-refractivity contribution in [2.75, 3.05) is 59.7 Å². The molecule has 0 bridgehead atoms. The summed E-state index contributed by atoms with van der Waals surface area (Å²) in [6.07, 6.45) is 2.75. The summed E-state index contributed by atoms with van der Waals surface area (Å²) >= 11 is 0. The van der Waals surface area contributed by atoms with Gasteiger partial charge in [-0.2, -0.15) is 0 Å². The molecule has 5 heteroatoms. The molecule has 0 saturated carbocycles. The number of rotatable bonds is 9. The standard InChI is InChI=1S/C22H36N2O3/c1-22(2,17-23-10-13-26-14-11-23)18-24(16-21-5-4-12-27-21)15-19-6-8-20(25-3)9-7-19/h6-9,21H,4-5,10-18H2,1-3H3. The lowest BCUT2D eigenvalue weighted by Crippen LogP contribution is -2.47. The van der Waals surface area contributed by atoms with E-state index in [9.17, 15) is 0 Å². The van der Waals surface area contributed by atoms with Crippen molar-refractivity contribution < 1.29 is 14.2 Å². The van der Waals surface area contributed by atoms with Crippen LogP contribution in [0.2, 0.25) is 0 Å². The average Bonchev–Trinajstić information content (AvgIpc) is 3.15. The van der Waals surface area contributed by atoms with Crippen LogP contribution in [-0.2, 0) is 16.0 Å². The molecule has 0 aliphatic carbocycles. The van der Waals surface area contributed by atoms with Gasteiger partial charge in [-0.1, -0.05) is 26.0 Å². The molecule has 152 valence electrons. The lowest BCUT2D eigenvalue weighted by Gasteiger charge is -2.38. The van der Waals surface area contributed by atoms with Gasteiger partial charge in [-0.3, -0.25) is 9.80 Å². The summed E-state index contributed by atoms with van der Waals surface area (Å²) < 4.78 is 16.7. The highest BCUT2D eigenvalue weighted by Crippen LogP contribution is 2.24. The second kappa shape index (κ2) is 9.87. The van der Waals surface area contributed by atoms with Gasteiger partial charge in [0.2, 0.25) is 0 Å². The van der Waals surface area contributed by atoms with Crippen LogP contribution in [0.5, 0.6) is 5.75 Å². The van der Waals surface area contributed by atoms with E-state index in [0.29, 0.717) is 6.10 Å². The number of benzene rings is 1. The smallest absolute Gasteiger partial charge is 0.118 e. The van der Waals surface area contributed by atoms with Gasteiger partial charge >= 0.3 is 0 Å². The molecule has 0 N–H and O–H groups in total. The Morgan fingerprint density at radius 2 is 1.89 bits per heavy atom. The third-order valence-electron chi connectivity index (χ3n) is 5.46. The van der Waals surface area contributed by atoms with E-state index in [-0.39, 0.29) is 5.41 Å². The van der Waals surface area contributed by atoms with E-state index >= 15 is 0 Å². The first-order valence-electron chi connectivity index (χ1n) is 10.3. The van der Waals surface area contributed by atoms with Crippen LogP contribution in [0, 0.1) is 5.41 Å². The fraction of sp³-hybridized carbons (Fsp3) is 0.727. The first kappa shape index (κ1) is 20.6. The molecule has 27 heavy (non-hydrogen) atoms. The molecule has 2 heterocycles. The highest BCUT2D eigenvalue weighted by atomic mass is 16.5. The maximum atomic E-state index is 5.93. The van der Waals surface area contributed by atoms with E-state index in [4.69, 9.17) is 14.2 Å². The van der Waals surface area contributed by atoms with Crippen LogP contribution >= 0.6 is 0 Å². The molecular formula is C22H36N2O3. The van der Waals surface area contributed by atoms with Gasteiger partial charge in [0, 0.05) is 45.9 Å².